The highest BCUT2D eigenvalue weighted by molar-refractivity contribution is 8.00. The third kappa shape index (κ3) is 3.93. The van der Waals surface area contributed by atoms with Gasteiger partial charge in [-0.1, -0.05) is 40.8 Å². The van der Waals surface area contributed by atoms with E-state index >= 15 is 0 Å². The number of fused-ring (bicyclic) bond motifs is 2. The molecule has 0 saturated carbocycles. The number of halogens is 1. The molecule has 8 nitrogen and oxygen atoms in total. The van der Waals surface area contributed by atoms with Crippen molar-refractivity contribution in [2.45, 2.75) is 22.7 Å². The van der Waals surface area contributed by atoms with E-state index in [1.807, 2.05) is 17.5 Å². The van der Waals surface area contributed by atoms with Gasteiger partial charge in [0.05, 0.1) is 29.8 Å². The largest absolute Gasteiger partial charge is 0.378 e. The summed E-state index contributed by atoms with van der Waals surface area (Å²) in [6.07, 6.45) is 0. The van der Waals surface area contributed by atoms with E-state index in [9.17, 15) is 19.2 Å². The molecule has 0 bridgehead atoms. The number of carbonyl (C=O) groups excluding carboxylic acids is 3. The van der Waals surface area contributed by atoms with E-state index in [1.54, 1.807) is 29.2 Å². The van der Waals surface area contributed by atoms with Gasteiger partial charge >= 0.3 is 4.87 Å². The fourth-order valence-electron chi connectivity index (χ4n) is 4.92. The Balaban J connectivity index is 1.41. The molecule has 0 N–H and O–H groups in total. The van der Waals surface area contributed by atoms with Crippen LogP contribution < -0.4 is 9.77 Å². The Hall–Kier alpha value is -2.44. The van der Waals surface area contributed by atoms with Crippen LogP contribution in [-0.4, -0.2) is 58.7 Å². The summed E-state index contributed by atoms with van der Waals surface area (Å²) in [6.45, 7) is 1.81. The molecule has 2 aromatic heterocycles. The number of anilines is 1. The number of nitrogens with zero attached hydrogens (tertiary/aromatic N) is 3. The number of amides is 3. The van der Waals surface area contributed by atoms with Crippen molar-refractivity contribution in [3.05, 3.63) is 66.2 Å². The summed E-state index contributed by atoms with van der Waals surface area (Å²) in [6, 6.07) is 10.4. The summed E-state index contributed by atoms with van der Waals surface area (Å²) < 4.78 is 6.81. The number of morpholine rings is 1. The van der Waals surface area contributed by atoms with Crippen LogP contribution in [0.25, 0.3) is 0 Å². The highest BCUT2D eigenvalue weighted by Crippen LogP contribution is 2.54. The number of aromatic nitrogens is 1. The van der Waals surface area contributed by atoms with E-state index in [0.29, 0.717) is 42.0 Å². The first kappa shape index (κ1) is 23.9. The van der Waals surface area contributed by atoms with Crippen LogP contribution in [0.4, 0.5) is 5.69 Å². The molecule has 2 fully saturated rings. The predicted octanol–water partition coefficient (Wildman–Crippen LogP) is 3.28. The van der Waals surface area contributed by atoms with Gasteiger partial charge in [0, 0.05) is 33.8 Å². The molecule has 1 aromatic carbocycles. The summed E-state index contributed by atoms with van der Waals surface area (Å²) in [5.74, 6) is -1.86. The van der Waals surface area contributed by atoms with Crippen LogP contribution in [0.5, 0.6) is 0 Å². The molecule has 0 aliphatic carbocycles. The maximum Gasteiger partial charge on any atom is 0.308 e. The Morgan fingerprint density at radius 2 is 1.81 bits per heavy atom. The maximum absolute atomic E-state index is 13.7. The zero-order valence-corrected chi connectivity index (χ0v) is 22.0. The van der Waals surface area contributed by atoms with Crippen molar-refractivity contribution in [3.63, 3.8) is 0 Å². The van der Waals surface area contributed by atoms with Gasteiger partial charge in [-0.05, 0) is 35.7 Å². The third-order valence-electron chi connectivity index (χ3n) is 6.64. The lowest BCUT2D eigenvalue weighted by atomic mass is 9.87. The average Bonchev–Trinajstić information content (AvgIpc) is 3.58. The second kappa shape index (κ2) is 9.46. The second-order valence-corrected chi connectivity index (χ2v) is 12.2. The molecular formula is C24H20ClN3O5S3. The fourth-order valence-corrected chi connectivity index (χ4v) is 8.77. The standard InChI is InChI=1S/C24H20ClN3O5S3/c25-13-3-5-14(6-4-13)28-21(30)18-17(15-2-1-11-34-15)20-23(35-19(18)22(28)31)27(24(32)36-20)12-16(29)26-7-9-33-10-8-26/h1-6,11,17-19H,7-10,12H2. The molecule has 3 aromatic rings. The molecule has 3 aliphatic heterocycles. The number of imide groups is 1. The van der Waals surface area contributed by atoms with Crippen LogP contribution in [0.15, 0.2) is 51.6 Å². The number of thioether (sulfide) groups is 1. The molecule has 6 rings (SSSR count). The minimum atomic E-state index is -0.702. The number of thiophene rings is 1. The minimum absolute atomic E-state index is 0.102. The number of hydrogen-bond acceptors (Lipinski definition) is 8. The summed E-state index contributed by atoms with van der Waals surface area (Å²) in [7, 11) is 0. The van der Waals surface area contributed by atoms with Crippen molar-refractivity contribution in [3.8, 4) is 0 Å². The number of ether oxygens (including phenoxy) is 1. The molecule has 36 heavy (non-hydrogen) atoms. The van der Waals surface area contributed by atoms with Gasteiger partial charge < -0.3 is 9.64 Å². The van der Waals surface area contributed by atoms with Crippen molar-refractivity contribution >= 4 is 69.4 Å². The number of carbonyl (C=O) groups is 3. The van der Waals surface area contributed by atoms with Gasteiger partial charge in [0.1, 0.15) is 11.8 Å². The van der Waals surface area contributed by atoms with E-state index in [-0.39, 0.29) is 29.1 Å². The number of thiazole rings is 1. The molecule has 0 spiro atoms. The highest BCUT2D eigenvalue weighted by atomic mass is 35.5. The fraction of sp³-hybridized carbons (Fsp3) is 0.333. The summed E-state index contributed by atoms with van der Waals surface area (Å²) in [4.78, 5) is 57.8. The lowest BCUT2D eigenvalue weighted by Crippen LogP contribution is -2.43. The Kier molecular flexibility index (Phi) is 6.29. The summed E-state index contributed by atoms with van der Waals surface area (Å²) in [5.41, 5.74) is 0.470. The van der Waals surface area contributed by atoms with Crippen molar-refractivity contribution in [2.75, 3.05) is 31.2 Å². The van der Waals surface area contributed by atoms with Gasteiger partial charge in [-0.25, -0.2) is 4.90 Å². The van der Waals surface area contributed by atoms with Gasteiger partial charge in [0.25, 0.3) is 0 Å². The first-order valence-electron chi connectivity index (χ1n) is 11.4. The van der Waals surface area contributed by atoms with Gasteiger partial charge in [-0.3, -0.25) is 23.7 Å². The molecule has 3 aliphatic rings. The molecule has 3 atom stereocenters. The van der Waals surface area contributed by atoms with Crippen LogP contribution in [0, 0.1) is 5.92 Å². The highest BCUT2D eigenvalue weighted by Gasteiger charge is 2.57. The first-order valence-corrected chi connectivity index (χ1v) is 14.3. The summed E-state index contributed by atoms with van der Waals surface area (Å²) >= 11 is 9.80. The van der Waals surface area contributed by atoms with Crippen molar-refractivity contribution in [1.82, 2.24) is 9.47 Å². The molecule has 3 amide bonds. The number of rotatable bonds is 4. The number of hydrogen-bond donors (Lipinski definition) is 0. The van der Waals surface area contributed by atoms with Crippen LogP contribution in [0.3, 0.4) is 0 Å². The monoisotopic (exact) mass is 561 g/mol. The predicted molar refractivity (Wildman–Crippen MR) is 139 cm³/mol. The van der Waals surface area contributed by atoms with Gasteiger partial charge in [-0.2, -0.15) is 0 Å². The van der Waals surface area contributed by atoms with Crippen molar-refractivity contribution < 1.29 is 19.1 Å². The van der Waals surface area contributed by atoms with Gasteiger partial charge in [-0.15, -0.1) is 11.3 Å². The van der Waals surface area contributed by atoms with Crippen LogP contribution in [0.1, 0.15) is 15.7 Å². The van der Waals surface area contributed by atoms with E-state index in [2.05, 4.69) is 0 Å². The minimum Gasteiger partial charge on any atom is -0.378 e. The average molecular weight is 562 g/mol. The maximum atomic E-state index is 13.7. The molecule has 0 radical (unpaired) electrons. The normalized spacial score (nSPS) is 23.6. The van der Waals surface area contributed by atoms with Crippen LogP contribution in [0.2, 0.25) is 5.02 Å². The molecule has 186 valence electrons. The quantitative estimate of drug-likeness (QED) is 0.454. The smallest absolute Gasteiger partial charge is 0.308 e. The Morgan fingerprint density at radius 1 is 1.06 bits per heavy atom. The number of benzene rings is 1. The molecule has 12 heteroatoms. The second-order valence-electron chi connectivity index (χ2n) is 8.66. The SMILES string of the molecule is O=C(Cn1c2c(sc1=O)C(c1cccs1)C1C(=O)N(c3ccc(Cl)cc3)C(=O)C1S2)N1CCOCC1. The lowest BCUT2D eigenvalue weighted by Gasteiger charge is -2.30. The van der Waals surface area contributed by atoms with Gasteiger partial charge in [0.2, 0.25) is 17.7 Å². The topological polar surface area (TPSA) is 88.9 Å². The Labute approximate surface area is 223 Å². The third-order valence-corrected chi connectivity index (χ3v) is 10.5. The molecule has 5 heterocycles. The zero-order valence-electron chi connectivity index (χ0n) is 18.8. The molecule has 2 saturated heterocycles. The zero-order chi connectivity index (χ0) is 25.0. The van der Waals surface area contributed by atoms with E-state index in [1.165, 1.54) is 32.6 Å². The van der Waals surface area contributed by atoms with E-state index in [0.717, 1.165) is 21.1 Å². The summed E-state index contributed by atoms with van der Waals surface area (Å²) in [5, 5.41) is 2.33. The van der Waals surface area contributed by atoms with E-state index < -0.39 is 17.1 Å². The lowest BCUT2D eigenvalue weighted by molar-refractivity contribution is -0.136. The molecule has 3 unspecified atom stereocenters. The van der Waals surface area contributed by atoms with Crippen LogP contribution in [-0.2, 0) is 25.7 Å². The van der Waals surface area contributed by atoms with Crippen molar-refractivity contribution in [2.24, 2.45) is 5.92 Å². The molecular weight excluding hydrogens is 542 g/mol. The van der Waals surface area contributed by atoms with Gasteiger partial charge in [0.15, 0.2) is 0 Å². The first-order chi connectivity index (χ1) is 17.4. The van der Waals surface area contributed by atoms with E-state index in [4.69, 9.17) is 16.3 Å². The Bertz CT molecular complexity index is 1400. The van der Waals surface area contributed by atoms with Crippen molar-refractivity contribution in [1.29, 1.82) is 0 Å². The van der Waals surface area contributed by atoms with Crippen LogP contribution >= 0.6 is 46.0 Å². The Morgan fingerprint density at radius 3 is 2.50 bits per heavy atom.